The molecule has 0 aliphatic rings. The van der Waals surface area contributed by atoms with Crippen molar-refractivity contribution in [1.82, 2.24) is 0 Å². The molecular weight excluding hydrogens is 212 g/mol. The highest BCUT2D eigenvalue weighted by atomic mass is 16.3. The van der Waals surface area contributed by atoms with Crippen molar-refractivity contribution in [3.05, 3.63) is 35.4 Å². The zero-order chi connectivity index (χ0) is 12.5. The first-order chi connectivity index (χ1) is 8.22. The van der Waals surface area contributed by atoms with Crippen LogP contribution in [0, 0.1) is 0 Å². The molecule has 1 atom stereocenters. The summed E-state index contributed by atoms with van der Waals surface area (Å²) in [5, 5.41) is 13.6. The van der Waals surface area contributed by atoms with Crippen LogP contribution in [0.15, 0.2) is 24.3 Å². The fraction of sp³-hybridized carbons (Fsp3) is 0.571. The molecule has 1 rings (SSSR count). The van der Waals surface area contributed by atoms with Gasteiger partial charge in [-0.05, 0) is 18.9 Å². The number of hydrogen-bond donors (Lipinski definition) is 3. The highest BCUT2D eigenvalue weighted by Gasteiger charge is 1.99. The number of nitrogens with two attached hydrogens (primary N) is 2. The predicted molar refractivity (Wildman–Crippen MR) is 69.7 cm³/mol. The third kappa shape index (κ3) is 6.41. The lowest BCUT2D eigenvalue weighted by molar-refractivity contribution is -0.733. The van der Waals surface area contributed by atoms with Gasteiger partial charge < -0.3 is 15.7 Å². The Balaban J connectivity index is 2.09. The van der Waals surface area contributed by atoms with Crippen molar-refractivity contribution in [2.75, 3.05) is 19.6 Å². The molecule has 0 heterocycles. The van der Waals surface area contributed by atoms with Crippen LogP contribution in [0.4, 0.5) is 0 Å². The van der Waals surface area contributed by atoms with Gasteiger partial charge in [0.05, 0.1) is 6.10 Å². The molecule has 0 spiro atoms. The van der Waals surface area contributed by atoms with Gasteiger partial charge in [0.15, 0.2) is 0 Å². The van der Waals surface area contributed by atoms with E-state index < -0.39 is 0 Å². The summed E-state index contributed by atoms with van der Waals surface area (Å²) in [6, 6.07) is 8.86. The van der Waals surface area contributed by atoms with Gasteiger partial charge in [-0.1, -0.05) is 31.2 Å². The Kier molecular flexibility index (Phi) is 6.86. The number of aliphatic hydroxyl groups is 1. The summed E-state index contributed by atoms with van der Waals surface area (Å²) >= 11 is 0. The van der Waals surface area contributed by atoms with Crippen LogP contribution >= 0.6 is 0 Å². The summed E-state index contributed by atoms with van der Waals surface area (Å²) in [4.78, 5) is 0. The van der Waals surface area contributed by atoms with Gasteiger partial charge in [-0.3, -0.25) is 0 Å². The monoisotopic (exact) mass is 238 g/mol. The molecule has 96 valence electrons. The summed E-state index contributed by atoms with van der Waals surface area (Å²) in [5.41, 5.74) is 2.79. The zero-order valence-corrected chi connectivity index (χ0v) is 11.0. The van der Waals surface area contributed by atoms with Gasteiger partial charge in [0.2, 0.25) is 0 Å². The van der Waals surface area contributed by atoms with Gasteiger partial charge in [-0.2, -0.15) is 0 Å². The Morgan fingerprint density at radius 3 is 2.24 bits per heavy atom. The molecule has 0 saturated heterocycles. The minimum absolute atomic E-state index is 0.198. The molecule has 0 radical (unpaired) electrons. The topological polar surface area (TPSA) is 53.5 Å². The molecule has 17 heavy (non-hydrogen) atoms. The third-order valence-corrected chi connectivity index (χ3v) is 2.89. The molecule has 0 fully saturated rings. The van der Waals surface area contributed by atoms with Gasteiger partial charge in [0.1, 0.15) is 26.2 Å². The summed E-state index contributed by atoms with van der Waals surface area (Å²) in [6.07, 6.45) is 0.912. The molecular formula is C14H26N2O+2. The van der Waals surface area contributed by atoms with E-state index in [0.29, 0.717) is 0 Å². The number of aryl methyl sites for hydroxylation is 1. The van der Waals surface area contributed by atoms with Crippen molar-refractivity contribution < 1.29 is 15.7 Å². The van der Waals surface area contributed by atoms with Crippen molar-refractivity contribution >= 4 is 0 Å². The first-order valence-electron chi connectivity index (χ1n) is 6.61. The van der Waals surface area contributed by atoms with Crippen LogP contribution in [-0.4, -0.2) is 30.8 Å². The average Bonchev–Trinajstić information content (AvgIpc) is 2.34. The number of aliphatic hydroxyl groups excluding tert-OH is 1. The maximum atomic E-state index is 9.09. The molecule has 0 aromatic heterocycles. The molecule has 5 N–H and O–H groups in total. The summed E-state index contributed by atoms with van der Waals surface area (Å²) in [7, 11) is 0. The van der Waals surface area contributed by atoms with Crippen molar-refractivity contribution in [3.8, 4) is 0 Å². The number of benzene rings is 1. The second kappa shape index (κ2) is 8.23. The smallest absolute Gasteiger partial charge is 0.125 e. The van der Waals surface area contributed by atoms with Crippen LogP contribution in [0.25, 0.3) is 0 Å². The quantitative estimate of drug-likeness (QED) is 0.513. The van der Waals surface area contributed by atoms with Gasteiger partial charge >= 0.3 is 0 Å². The lowest BCUT2D eigenvalue weighted by Crippen LogP contribution is -2.95. The third-order valence-electron chi connectivity index (χ3n) is 2.89. The maximum Gasteiger partial charge on any atom is 0.125 e. The first kappa shape index (κ1) is 14.2. The van der Waals surface area contributed by atoms with Gasteiger partial charge in [-0.15, -0.1) is 0 Å². The maximum absolute atomic E-state index is 9.09. The molecule has 1 aromatic rings. The van der Waals surface area contributed by atoms with E-state index in [2.05, 4.69) is 41.8 Å². The van der Waals surface area contributed by atoms with Crippen LogP contribution < -0.4 is 10.6 Å². The van der Waals surface area contributed by atoms with Crippen LogP contribution in [0.2, 0.25) is 0 Å². The Hall–Kier alpha value is -0.900. The van der Waals surface area contributed by atoms with E-state index in [0.717, 1.165) is 32.6 Å². The van der Waals surface area contributed by atoms with E-state index in [4.69, 9.17) is 5.11 Å². The van der Waals surface area contributed by atoms with Crippen molar-refractivity contribution in [2.45, 2.75) is 32.9 Å². The van der Waals surface area contributed by atoms with Gasteiger partial charge in [0, 0.05) is 5.56 Å². The molecule has 0 unspecified atom stereocenters. The normalized spacial score (nSPS) is 12.6. The van der Waals surface area contributed by atoms with Crippen LogP contribution in [-0.2, 0) is 13.0 Å². The number of quaternary nitrogens is 2. The van der Waals surface area contributed by atoms with Crippen LogP contribution in [0.3, 0.4) is 0 Å². The van der Waals surface area contributed by atoms with Crippen molar-refractivity contribution in [1.29, 1.82) is 0 Å². The minimum Gasteiger partial charge on any atom is -0.388 e. The molecule has 3 heteroatoms. The van der Waals surface area contributed by atoms with Crippen LogP contribution in [0.5, 0.6) is 0 Å². The number of rotatable bonds is 8. The lowest BCUT2D eigenvalue weighted by Gasteiger charge is -2.04. The number of hydrogen-bond acceptors (Lipinski definition) is 1. The first-order valence-corrected chi connectivity index (χ1v) is 6.61. The Morgan fingerprint density at radius 1 is 1.06 bits per heavy atom. The van der Waals surface area contributed by atoms with Crippen molar-refractivity contribution in [2.24, 2.45) is 0 Å². The van der Waals surface area contributed by atoms with E-state index in [1.807, 2.05) is 6.92 Å². The molecule has 0 saturated carbocycles. The average molecular weight is 238 g/mol. The summed E-state index contributed by atoms with van der Waals surface area (Å²) in [6.45, 7) is 8.03. The Morgan fingerprint density at radius 2 is 1.65 bits per heavy atom. The standard InChI is InChI=1S/C14H24N2O/c1-3-13-4-6-14(7-5-13)11-16-9-8-15-10-12(2)17/h4-7,12,15-17H,3,8-11H2,1-2H3/p+2/t12-/m0/s1. The highest BCUT2D eigenvalue weighted by molar-refractivity contribution is 5.21. The molecule has 0 aliphatic heterocycles. The fourth-order valence-electron chi connectivity index (χ4n) is 1.77. The predicted octanol–water partition coefficient (Wildman–Crippen LogP) is -0.743. The minimum atomic E-state index is -0.198. The lowest BCUT2D eigenvalue weighted by atomic mass is 10.1. The van der Waals surface area contributed by atoms with E-state index in [-0.39, 0.29) is 6.10 Å². The van der Waals surface area contributed by atoms with Crippen molar-refractivity contribution in [3.63, 3.8) is 0 Å². The molecule has 1 aromatic carbocycles. The van der Waals surface area contributed by atoms with E-state index in [9.17, 15) is 0 Å². The Labute approximate surface area is 104 Å². The van der Waals surface area contributed by atoms with E-state index in [1.54, 1.807) is 0 Å². The summed E-state index contributed by atoms with van der Waals surface area (Å²) < 4.78 is 0. The van der Waals surface area contributed by atoms with Gasteiger partial charge in [0.25, 0.3) is 0 Å². The largest absolute Gasteiger partial charge is 0.388 e. The van der Waals surface area contributed by atoms with E-state index >= 15 is 0 Å². The van der Waals surface area contributed by atoms with Crippen LogP contribution in [0.1, 0.15) is 25.0 Å². The Bertz CT molecular complexity index is 296. The fourth-order valence-corrected chi connectivity index (χ4v) is 1.77. The zero-order valence-electron chi connectivity index (χ0n) is 11.0. The molecule has 0 amide bonds. The summed E-state index contributed by atoms with van der Waals surface area (Å²) in [5.74, 6) is 0. The molecule has 0 aliphatic carbocycles. The molecule has 3 nitrogen and oxygen atoms in total. The second-order valence-electron chi connectivity index (χ2n) is 4.61. The molecule has 0 bridgehead atoms. The SMILES string of the molecule is CCc1ccc(C[NH2+]CC[NH2+]C[C@H](C)O)cc1. The van der Waals surface area contributed by atoms with Gasteiger partial charge in [-0.25, -0.2) is 0 Å². The van der Waals surface area contributed by atoms with E-state index in [1.165, 1.54) is 11.1 Å². The highest BCUT2D eigenvalue weighted by Crippen LogP contribution is 2.03. The second-order valence-corrected chi connectivity index (χ2v) is 4.61.